The van der Waals surface area contributed by atoms with Gasteiger partial charge in [0.25, 0.3) is 0 Å². The summed E-state index contributed by atoms with van der Waals surface area (Å²) < 4.78 is 0. The van der Waals surface area contributed by atoms with Crippen LogP contribution in [-0.4, -0.2) is 37.1 Å². The maximum atomic E-state index is 3.69. The van der Waals surface area contributed by atoms with E-state index in [9.17, 15) is 0 Å². The van der Waals surface area contributed by atoms with Gasteiger partial charge in [0.2, 0.25) is 0 Å². The number of hydrogen-bond donors (Lipinski definition) is 1. The third-order valence-electron chi connectivity index (χ3n) is 4.97. The third kappa shape index (κ3) is 3.69. The standard InChI is InChI=1S/C15H30N2/c1-3-13(4-2)12-17-10-7-14(8-11-17)15-6-5-9-16-15/h13-16H,3-12H2,1-2H3. The molecule has 0 aliphatic carbocycles. The van der Waals surface area contributed by atoms with Gasteiger partial charge >= 0.3 is 0 Å². The Balaban J connectivity index is 1.70. The first-order valence-electron chi connectivity index (χ1n) is 7.79. The first-order chi connectivity index (χ1) is 8.33. The van der Waals surface area contributed by atoms with E-state index in [0.29, 0.717) is 0 Å². The fourth-order valence-electron chi connectivity index (χ4n) is 3.56. The van der Waals surface area contributed by atoms with Crippen LogP contribution in [0.5, 0.6) is 0 Å². The van der Waals surface area contributed by atoms with Gasteiger partial charge in [0.15, 0.2) is 0 Å². The lowest BCUT2D eigenvalue weighted by Gasteiger charge is -2.36. The second-order valence-corrected chi connectivity index (χ2v) is 6.02. The molecule has 0 spiro atoms. The second kappa shape index (κ2) is 6.75. The number of nitrogens with zero attached hydrogens (tertiary/aromatic N) is 1. The van der Waals surface area contributed by atoms with Gasteiger partial charge in [-0.05, 0) is 57.2 Å². The first-order valence-corrected chi connectivity index (χ1v) is 7.79. The predicted molar refractivity (Wildman–Crippen MR) is 74.3 cm³/mol. The SMILES string of the molecule is CCC(CC)CN1CCC(C2CCCN2)CC1. The normalized spacial score (nSPS) is 28.1. The molecule has 0 aromatic rings. The molecule has 0 amide bonds. The minimum Gasteiger partial charge on any atom is -0.314 e. The summed E-state index contributed by atoms with van der Waals surface area (Å²) >= 11 is 0. The minimum absolute atomic E-state index is 0.852. The van der Waals surface area contributed by atoms with Crippen molar-refractivity contribution in [2.45, 2.75) is 58.4 Å². The van der Waals surface area contributed by atoms with Crippen LogP contribution in [0.15, 0.2) is 0 Å². The Morgan fingerprint density at radius 3 is 2.35 bits per heavy atom. The summed E-state index contributed by atoms with van der Waals surface area (Å²) in [5, 5.41) is 3.69. The van der Waals surface area contributed by atoms with Crippen molar-refractivity contribution >= 4 is 0 Å². The maximum Gasteiger partial charge on any atom is 0.00967 e. The van der Waals surface area contributed by atoms with Crippen LogP contribution in [0.3, 0.4) is 0 Å². The molecule has 1 atom stereocenters. The molecule has 0 aromatic heterocycles. The number of likely N-dealkylation sites (tertiary alicyclic amines) is 1. The highest BCUT2D eigenvalue weighted by Crippen LogP contribution is 2.26. The Bertz CT molecular complexity index is 199. The quantitative estimate of drug-likeness (QED) is 0.792. The highest BCUT2D eigenvalue weighted by Gasteiger charge is 2.28. The Morgan fingerprint density at radius 1 is 1.12 bits per heavy atom. The summed E-state index contributed by atoms with van der Waals surface area (Å²) in [5.74, 6) is 1.90. The zero-order valence-corrected chi connectivity index (χ0v) is 11.8. The zero-order chi connectivity index (χ0) is 12.1. The van der Waals surface area contributed by atoms with E-state index in [1.54, 1.807) is 0 Å². The van der Waals surface area contributed by atoms with E-state index >= 15 is 0 Å². The van der Waals surface area contributed by atoms with E-state index in [4.69, 9.17) is 0 Å². The first kappa shape index (κ1) is 13.4. The summed E-state index contributed by atoms with van der Waals surface area (Å²) in [6.07, 6.45) is 8.38. The fraction of sp³-hybridized carbons (Fsp3) is 1.00. The molecule has 100 valence electrons. The van der Waals surface area contributed by atoms with E-state index < -0.39 is 0 Å². The van der Waals surface area contributed by atoms with Gasteiger partial charge in [0.1, 0.15) is 0 Å². The topological polar surface area (TPSA) is 15.3 Å². The molecule has 0 aromatic carbocycles. The summed E-state index contributed by atoms with van der Waals surface area (Å²) in [5.41, 5.74) is 0. The van der Waals surface area contributed by atoms with Gasteiger partial charge < -0.3 is 10.2 Å². The molecule has 2 nitrogen and oxygen atoms in total. The fourth-order valence-corrected chi connectivity index (χ4v) is 3.56. The second-order valence-electron chi connectivity index (χ2n) is 6.02. The Hall–Kier alpha value is -0.0800. The largest absolute Gasteiger partial charge is 0.314 e. The minimum atomic E-state index is 0.852. The lowest BCUT2D eigenvalue weighted by atomic mass is 9.88. The molecule has 2 aliphatic heterocycles. The van der Waals surface area contributed by atoms with Crippen molar-refractivity contribution in [1.29, 1.82) is 0 Å². The van der Waals surface area contributed by atoms with Crippen LogP contribution in [0.4, 0.5) is 0 Å². The van der Waals surface area contributed by atoms with Crippen LogP contribution in [0, 0.1) is 11.8 Å². The van der Waals surface area contributed by atoms with Crippen molar-refractivity contribution in [1.82, 2.24) is 10.2 Å². The highest BCUT2D eigenvalue weighted by molar-refractivity contribution is 4.85. The van der Waals surface area contributed by atoms with Gasteiger partial charge in [-0.15, -0.1) is 0 Å². The highest BCUT2D eigenvalue weighted by atomic mass is 15.1. The molecule has 0 bridgehead atoms. The molecule has 2 fully saturated rings. The van der Waals surface area contributed by atoms with E-state index in [1.807, 2.05) is 0 Å². The number of rotatable bonds is 5. The van der Waals surface area contributed by atoms with Gasteiger partial charge in [0.05, 0.1) is 0 Å². The van der Waals surface area contributed by atoms with Gasteiger partial charge in [-0.25, -0.2) is 0 Å². The van der Waals surface area contributed by atoms with Gasteiger partial charge in [0, 0.05) is 12.6 Å². The van der Waals surface area contributed by atoms with Crippen molar-refractivity contribution in [2.75, 3.05) is 26.2 Å². The molecule has 2 rings (SSSR count). The van der Waals surface area contributed by atoms with Crippen LogP contribution in [0.2, 0.25) is 0 Å². The summed E-state index contributed by atoms with van der Waals surface area (Å²) in [4.78, 5) is 2.71. The molecule has 2 saturated heterocycles. The van der Waals surface area contributed by atoms with Gasteiger partial charge in [-0.2, -0.15) is 0 Å². The predicted octanol–water partition coefficient (Wildman–Crippen LogP) is 2.89. The van der Waals surface area contributed by atoms with Crippen molar-refractivity contribution in [3.63, 3.8) is 0 Å². The lowest BCUT2D eigenvalue weighted by molar-refractivity contribution is 0.141. The van der Waals surface area contributed by atoms with Crippen LogP contribution in [-0.2, 0) is 0 Å². The van der Waals surface area contributed by atoms with E-state index in [-0.39, 0.29) is 0 Å². The monoisotopic (exact) mass is 238 g/mol. The molecule has 2 aliphatic rings. The molecular weight excluding hydrogens is 208 g/mol. The number of hydrogen-bond acceptors (Lipinski definition) is 2. The van der Waals surface area contributed by atoms with Crippen molar-refractivity contribution in [3.05, 3.63) is 0 Å². The Morgan fingerprint density at radius 2 is 1.82 bits per heavy atom. The summed E-state index contributed by atoms with van der Waals surface area (Å²) in [6.45, 7) is 9.97. The molecule has 1 N–H and O–H groups in total. The van der Waals surface area contributed by atoms with E-state index in [2.05, 4.69) is 24.1 Å². The van der Waals surface area contributed by atoms with Crippen LogP contribution >= 0.6 is 0 Å². The molecular formula is C15H30N2. The summed E-state index contributed by atoms with van der Waals surface area (Å²) in [7, 11) is 0. The third-order valence-corrected chi connectivity index (χ3v) is 4.97. The van der Waals surface area contributed by atoms with Crippen molar-refractivity contribution in [3.8, 4) is 0 Å². The zero-order valence-electron chi connectivity index (χ0n) is 11.8. The number of piperidine rings is 1. The van der Waals surface area contributed by atoms with Crippen molar-refractivity contribution in [2.24, 2.45) is 11.8 Å². The average Bonchev–Trinajstić information content (AvgIpc) is 2.90. The molecule has 0 saturated carbocycles. The molecule has 17 heavy (non-hydrogen) atoms. The Kier molecular flexibility index (Phi) is 5.30. The Labute approximate surface area is 107 Å². The summed E-state index contributed by atoms with van der Waals surface area (Å²) in [6, 6.07) is 0.852. The van der Waals surface area contributed by atoms with Gasteiger partial charge in [-0.3, -0.25) is 0 Å². The molecule has 2 heteroatoms. The molecule has 0 radical (unpaired) electrons. The smallest absolute Gasteiger partial charge is 0.00967 e. The van der Waals surface area contributed by atoms with E-state index in [0.717, 1.165) is 17.9 Å². The molecule has 2 heterocycles. The lowest BCUT2D eigenvalue weighted by Crippen LogP contribution is -2.42. The van der Waals surface area contributed by atoms with Crippen LogP contribution in [0.1, 0.15) is 52.4 Å². The number of nitrogens with one attached hydrogen (secondary N) is 1. The maximum absolute atomic E-state index is 3.69. The molecule has 1 unspecified atom stereocenters. The van der Waals surface area contributed by atoms with Gasteiger partial charge in [-0.1, -0.05) is 26.7 Å². The van der Waals surface area contributed by atoms with E-state index in [1.165, 1.54) is 64.7 Å². The average molecular weight is 238 g/mol. The van der Waals surface area contributed by atoms with Crippen LogP contribution in [0.25, 0.3) is 0 Å². The van der Waals surface area contributed by atoms with Crippen molar-refractivity contribution < 1.29 is 0 Å². The van der Waals surface area contributed by atoms with Crippen LogP contribution < -0.4 is 5.32 Å².